The van der Waals surface area contributed by atoms with Gasteiger partial charge in [0.1, 0.15) is 5.75 Å². The van der Waals surface area contributed by atoms with Crippen LogP contribution in [0.4, 0.5) is 0 Å². The molecule has 0 saturated heterocycles. The van der Waals surface area contributed by atoms with Gasteiger partial charge in [0.25, 0.3) is 0 Å². The molecule has 0 saturated carbocycles. The molecule has 4 nitrogen and oxygen atoms in total. The molecule has 1 aromatic rings. The van der Waals surface area contributed by atoms with Crippen LogP contribution in [0.3, 0.4) is 0 Å². The van der Waals surface area contributed by atoms with Gasteiger partial charge in [0.2, 0.25) is 0 Å². The van der Waals surface area contributed by atoms with E-state index < -0.39 is 0 Å². The molecular weight excluding hydrogens is 232 g/mol. The first kappa shape index (κ1) is 14.2. The lowest BCUT2D eigenvalue weighted by Gasteiger charge is -2.07. The molecule has 0 aliphatic rings. The van der Waals surface area contributed by atoms with Crippen LogP contribution in [0.15, 0.2) is 24.3 Å². The van der Waals surface area contributed by atoms with E-state index in [2.05, 4.69) is 0 Å². The maximum atomic E-state index is 11.9. The molecule has 0 aromatic heterocycles. The van der Waals surface area contributed by atoms with E-state index in [4.69, 9.17) is 9.47 Å². The van der Waals surface area contributed by atoms with Crippen LogP contribution in [0, 0.1) is 0 Å². The van der Waals surface area contributed by atoms with Gasteiger partial charge in [-0.1, -0.05) is 19.1 Å². The molecule has 1 aromatic carbocycles. The lowest BCUT2D eigenvalue weighted by Crippen LogP contribution is -2.09. The number of esters is 1. The Bertz CT molecular complexity index is 412. The second-order valence-electron chi connectivity index (χ2n) is 3.84. The van der Waals surface area contributed by atoms with Gasteiger partial charge >= 0.3 is 5.97 Å². The Labute approximate surface area is 107 Å². The van der Waals surface area contributed by atoms with E-state index in [-0.39, 0.29) is 24.6 Å². The van der Waals surface area contributed by atoms with Crippen LogP contribution in [-0.2, 0) is 9.53 Å². The lowest BCUT2D eigenvalue weighted by atomic mass is 10.1. The topological polar surface area (TPSA) is 52.6 Å². The summed E-state index contributed by atoms with van der Waals surface area (Å²) in [6.07, 6.45) is 1.03. The molecule has 0 aliphatic carbocycles. The maximum absolute atomic E-state index is 11.9. The average molecular weight is 250 g/mol. The minimum atomic E-state index is -0.333. The van der Waals surface area contributed by atoms with E-state index in [0.29, 0.717) is 17.9 Å². The Morgan fingerprint density at radius 1 is 1.17 bits per heavy atom. The van der Waals surface area contributed by atoms with Crippen molar-refractivity contribution in [1.29, 1.82) is 0 Å². The van der Waals surface area contributed by atoms with Gasteiger partial charge in [-0.3, -0.25) is 9.59 Å². The van der Waals surface area contributed by atoms with Gasteiger partial charge in [-0.05, 0) is 18.6 Å². The summed E-state index contributed by atoms with van der Waals surface area (Å²) in [5.74, 6) is 0.0884. The molecular formula is C14H18O4. The van der Waals surface area contributed by atoms with Crippen molar-refractivity contribution >= 4 is 11.8 Å². The Balaban J connectivity index is 2.52. The highest BCUT2D eigenvalue weighted by Gasteiger charge is 2.13. The van der Waals surface area contributed by atoms with Gasteiger partial charge in [-0.2, -0.15) is 0 Å². The first-order chi connectivity index (χ1) is 8.69. The summed E-state index contributed by atoms with van der Waals surface area (Å²) in [5, 5.41) is 0. The molecule has 0 heterocycles. The fraction of sp³-hybridized carbons (Fsp3) is 0.429. The van der Waals surface area contributed by atoms with Crippen LogP contribution in [0.2, 0.25) is 0 Å². The maximum Gasteiger partial charge on any atom is 0.306 e. The van der Waals surface area contributed by atoms with Crippen molar-refractivity contribution in [2.45, 2.75) is 26.2 Å². The van der Waals surface area contributed by atoms with Crippen LogP contribution >= 0.6 is 0 Å². The van der Waals surface area contributed by atoms with E-state index in [9.17, 15) is 9.59 Å². The Kier molecular flexibility index (Phi) is 5.91. The minimum Gasteiger partial charge on any atom is -0.496 e. The van der Waals surface area contributed by atoms with Gasteiger partial charge in [0, 0.05) is 6.42 Å². The number of methoxy groups -OCH3 is 1. The van der Waals surface area contributed by atoms with Crippen molar-refractivity contribution in [2.24, 2.45) is 0 Å². The Hall–Kier alpha value is -1.84. The van der Waals surface area contributed by atoms with Crippen molar-refractivity contribution in [2.75, 3.05) is 13.7 Å². The van der Waals surface area contributed by atoms with E-state index >= 15 is 0 Å². The molecule has 18 heavy (non-hydrogen) atoms. The number of ether oxygens (including phenoxy) is 2. The number of hydrogen-bond acceptors (Lipinski definition) is 4. The summed E-state index contributed by atoms with van der Waals surface area (Å²) in [6.45, 7) is 2.33. The molecule has 0 N–H and O–H groups in total. The number of rotatable bonds is 7. The predicted octanol–water partition coefficient (Wildman–Crippen LogP) is 2.61. The third kappa shape index (κ3) is 4.20. The highest BCUT2D eigenvalue weighted by Crippen LogP contribution is 2.19. The number of ketones is 1. The first-order valence-electron chi connectivity index (χ1n) is 6.00. The van der Waals surface area contributed by atoms with Crippen molar-refractivity contribution in [1.82, 2.24) is 0 Å². The fourth-order valence-corrected chi connectivity index (χ4v) is 1.51. The highest BCUT2D eigenvalue weighted by molar-refractivity contribution is 5.99. The number of benzene rings is 1. The second kappa shape index (κ2) is 7.48. The molecule has 0 amide bonds. The molecule has 0 bridgehead atoms. The number of para-hydroxylation sites is 1. The second-order valence-corrected chi connectivity index (χ2v) is 3.84. The summed E-state index contributed by atoms with van der Waals surface area (Å²) in [5.41, 5.74) is 0.503. The molecule has 0 radical (unpaired) electrons. The Morgan fingerprint density at radius 3 is 2.56 bits per heavy atom. The van der Waals surface area contributed by atoms with Gasteiger partial charge in [0.05, 0.1) is 25.7 Å². The molecule has 0 unspecified atom stereocenters. The van der Waals surface area contributed by atoms with Crippen LogP contribution in [-0.4, -0.2) is 25.5 Å². The summed E-state index contributed by atoms with van der Waals surface area (Å²) >= 11 is 0. The molecule has 0 spiro atoms. The summed E-state index contributed by atoms with van der Waals surface area (Å²) in [7, 11) is 1.52. The molecule has 1 rings (SSSR count). The predicted molar refractivity (Wildman–Crippen MR) is 67.8 cm³/mol. The third-order valence-corrected chi connectivity index (χ3v) is 2.43. The lowest BCUT2D eigenvalue weighted by molar-refractivity contribution is -0.143. The average Bonchev–Trinajstić information content (AvgIpc) is 2.42. The molecule has 4 heteroatoms. The molecule has 0 fully saturated rings. The SMILES string of the molecule is CCCOC(=O)CCC(=O)c1ccccc1OC. The highest BCUT2D eigenvalue weighted by atomic mass is 16.5. The first-order valence-corrected chi connectivity index (χ1v) is 6.00. The third-order valence-electron chi connectivity index (χ3n) is 2.43. The summed E-state index contributed by atoms with van der Waals surface area (Å²) < 4.78 is 10.0. The smallest absolute Gasteiger partial charge is 0.306 e. The van der Waals surface area contributed by atoms with Crippen molar-refractivity contribution in [3.05, 3.63) is 29.8 Å². The summed E-state index contributed by atoms with van der Waals surface area (Å²) in [6, 6.07) is 6.98. The minimum absolute atomic E-state index is 0.108. The van der Waals surface area contributed by atoms with Crippen molar-refractivity contribution in [3.63, 3.8) is 0 Å². The van der Waals surface area contributed by atoms with E-state index in [1.807, 2.05) is 6.92 Å². The van der Waals surface area contributed by atoms with Gasteiger partial charge < -0.3 is 9.47 Å². The normalized spacial score (nSPS) is 9.89. The van der Waals surface area contributed by atoms with E-state index in [1.54, 1.807) is 24.3 Å². The van der Waals surface area contributed by atoms with Crippen molar-refractivity contribution < 1.29 is 19.1 Å². The zero-order valence-electron chi connectivity index (χ0n) is 10.8. The van der Waals surface area contributed by atoms with Gasteiger partial charge in [-0.25, -0.2) is 0 Å². The van der Waals surface area contributed by atoms with E-state index in [1.165, 1.54) is 7.11 Å². The number of hydrogen-bond donors (Lipinski definition) is 0. The fourth-order valence-electron chi connectivity index (χ4n) is 1.51. The molecule has 0 aliphatic heterocycles. The number of carbonyl (C=O) groups excluding carboxylic acids is 2. The van der Waals surface area contributed by atoms with Crippen LogP contribution in [0.1, 0.15) is 36.5 Å². The monoisotopic (exact) mass is 250 g/mol. The molecule has 98 valence electrons. The quantitative estimate of drug-likeness (QED) is 0.551. The standard InChI is InChI=1S/C14H18O4/c1-3-10-18-14(16)9-8-12(15)11-6-4-5-7-13(11)17-2/h4-7H,3,8-10H2,1-2H3. The van der Waals surface area contributed by atoms with Crippen LogP contribution in [0.5, 0.6) is 5.75 Å². The number of carbonyl (C=O) groups is 2. The van der Waals surface area contributed by atoms with Crippen LogP contribution in [0.25, 0.3) is 0 Å². The molecule has 0 atom stereocenters. The van der Waals surface area contributed by atoms with Crippen molar-refractivity contribution in [3.8, 4) is 5.75 Å². The zero-order valence-corrected chi connectivity index (χ0v) is 10.8. The Morgan fingerprint density at radius 2 is 1.89 bits per heavy atom. The summed E-state index contributed by atoms with van der Waals surface area (Å²) in [4.78, 5) is 23.2. The largest absolute Gasteiger partial charge is 0.496 e. The van der Waals surface area contributed by atoms with E-state index in [0.717, 1.165) is 6.42 Å². The van der Waals surface area contributed by atoms with Gasteiger partial charge in [0.15, 0.2) is 5.78 Å². The zero-order chi connectivity index (χ0) is 13.4. The van der Waals surface area contributed by atoms with Gasteiger partial charge in [-0.15, -0.1) is 0 Å². The number of Topliss-reactive ketones (excluding diaryl/α,β-unsaturated/α-hetero) is 1. The van der Waals surface area contributed by atoms with Crippen LogP contribution < -0.4 is 4.74 Å².